The fourth-order valence-electron chi connectivity index (χ4n) is 1.07. The van der Waals surface area contributed by atoms with Crippen molar-refractivity contribution in [2.75, 3.05) is 0 Å². The highest BCUT2D eigenvalue weighted by Gasteiger charge is 2.03. The number of rotatable bonds is 5. The van der Waals surface area contributed by atoms with E-state index in [0.717, 1.165) is 6.08 Å². The fourth-order valence-corrected chi connectivity index (χ4v) is 1.07. The number of carboxylic acid groups (broad SMARTS) is 1. The van der Waals surface area contributed by atoms with E-state index in [1.165, 1.54) is 24.4 Å². The van der Waals surface area contributed by atoms with Crippen molar-refractivity contribution < 1.29 is 19.6 Å². The first kappa shape index (κ1) is 14.0. The lowest BCUT2D eigenvalue weighted by Gasteiger charge is -1.94. The number of amides is 1. The van der Waals surface area contributed by atoms with Gasteiger partial charge in [-0.3, -0.25) is 14.9 Å². The van der Waals surface area contributed by atoms with E-state index in [1.54, 1.807) is 6.07 Å². The second-order valence-electron chi connectivity index (χ2n) is 3.26. The molecule has 0 fully saturated rings. The number of hydrazone groups is 1. The van der Waals surface area contributed by atoms with E-state index < -0.39 is 16.8 Å². The largest absolute Gasteiger partial charge is 0.478 e. The van der Waals surface area contributed by atoms with Gasteiger partial charge in [-0.1, -0.05) is 12.1 Å². The van der Waals surface area contributed by atoms with Gasteiger partial charge in [-0.05, 0) is 0 Å². The molecule has 1 aromatic rings. The monoisotopic (exact) mass is 263 g/mol. The molecule has 8 nitrogen and oxygen atoms in total. The molecule has 8 heteroatoms. The van der Waals surface area contributed by atoms with E-state index in [0.29, 0.717) is 11.6 Å². The number of nitrogens with one attached hydrogen (secondary N) is 1. The molecule has 1 rings (SSSR count). The molecule has 98 valence electrons. The van der Waals surface area contributed by atoms with E-state index in [-0.39, 0.29) is 5.69 Å². The van der Waals surface area contributed by atoms with Crippen LogP contribution in [0.5, 0.6) is 0 Å². The first-order chi connectivity index (χ1) is 8.99. The van der Waals surface area contributed by atoms with E-state index in [1.807, 2.05) is 5.43 Å². The van der Waals surface area contributed by atoms with Gasteiger partial charge in [-0.25, -0.2) is 10.2 Å². The Balaban J connectivity index is 2.62. The molecule has 0 unspecified atom stereocenters. The molecule has 0 aliphatic carbocycles. The number of nitro groups is 1. The number of nitrogens with zero attached hydrogens (tertiary/aromatic N) is 2. The smallest absolute Gasteiger partial charge is 0.328 e. The van der Waals surface area contributed by atoms with Gasteiger partial charge in [0.2, 0.25) is 0 Å². The van der Waals surface area contributed by atoms with E-state index >= 15 is 0 Å². The van der Waals surface area contributed by atoms with Crippen LogP contribution in [0, 0.1) is 10.1 Å². The van der Waals surface area contributed by atoms with Crippen LogP contribution in [0.2, 0.25) is 0 Å². The minimum Gasteiger partial charge on any atom is -0.478 e. The van der Waals surface area contributed by atoms with E-state index in [4.69, 9.17) is 5.11 Å². The summed E-state index contributed by atoms with van der Waals surface area (Å²) in [6, 6.07) is 5.65. The van der Waals surface area contributed by atoms with Crippen LogP contribution in [0.25, 0.3) is 0 Å². The zero-order valence-corrected chi connectivity index (χ0v) is 9.52. The number of non-ortho nitro benzene ring substituents is 1. The summed E-state index contributed by atoms with van der Waals surface area (Å²) >= 11 is 0. The summed E-state index contributed by atoms with van der Waals surface area (Å²) in [5.41, 5.74) is 2.38. The summed E-state index contributed by atoms with van der Waals surface area (Å²) in [4.78, 5) is 31.1. The molecule has 0 aliphatic rings. The molecule has 0 aromatic heterocycles. The van der Waals surface area contributed by atoms with Gasteiger partial charge >= 0.3 is 5.97 Å². The van der Waals surface area contributed by atoms with Crippen LogP contribution in [0.4, 0.5) is 5.69 Å². The van der Waals surface area contributed by atoms with Crippen LogP contribution in [-0.2, 0) is 9.59 Å². The minimum atomic E-state index is -1.25. The maximum absolute atomic E-state index is 11.0. The maximum Gasteiger partial charge on any atom is 0.328 e. The van der Waals surface area contributed by atoms with Crippen LogP contribution >= 0.6 is 0 Å². The van der Waals surface area contributed by atoms with Crippen molar-refractivity contribution in [3.05, 3.63) is 52.1 Å². The Morgan fingerprint density at radius 1 is 1.37 bits per heavy atom. The molecule has 0 atom stereocenters. The Hall–Kier alpha value is -3.03. The van der Waals surface area contributed by atoms with Crippen LogP contribution in [-0.4, -0.2) is 28.1 Å². The second-order valence-corrected chi connectivity index (χ2v) is 3.26. The Morgan fingerprint density at radius 3 is 2.74 bits per heavy atom. The summed E-state index contributed by atoms with van der Waals surface area (Å²) in [6.45, 7) is 0. The van der Waals surface area contributed by atoms with Gasteiger partial charge in [0.15, 0.2) is 0 Å². The lowest BCUT2D eigenvalue weighted by Crippen LogP contribution is -2.14. The summed E-state index contributed by atoms with van der Waals surface area (Å²) in [6.07, 6.45) is 2.67. The number of carbonyl (C=O) groups is 2. The molecule has 0 spiro atoms. The Bertz CT molecular complexity index is 565. The van der Waals surface area contributed by atoms with Crippen molar-refractivity contribution in [1.29, 1.82) is 0 Å². The molecule has 2 N–H and O–H groups in total. The lowest BCUT2D eigenvalue weighted by atomic mass is 10.2. The molecular formula is C11H9N3O5. The van der Waals surface area contributed by atoms with E-state index in [9.17, 15) is 19.7 Å². The Labute approximate surface area is 107 Å². The van der Waals surface area contributed by atoms with Gasteiger partial charge in [0.25, 0.3) is 11.6 Å². The highest BCUT2D eigenvalue weighted by atomic mass is 16.6. The zero-order valence-electron chi connectivity index (χ0n) is 9.52. The zero-order chi connectivity index (χ0) is 14.3. The van der Waals surface area contributed by atoms with E-state index in [2.05, 4.69) is 5.10 Å². The van der Waals surface area contributed by atoms with Crippen molar-refractivity contribution in [2.24, 2.45) is 5.10 Å². The number of carbonyl (C=O) groups excluding carboxylic acids is 1. The topological polar surface area (TPSA) is 122 Å². The third kappa shape index (κ3) is 5.22. The van der Waals surface area contributed by atoms with Gasteiger partial charge in [-0.2, -0.15) is 5.10 Å². The third-order valence-electron chi connectivity index (χ3n) is 1.85. The quantitative estimate of drug-likeness (QED) is 0.350. The standard InChI is InChI=1S/C11H9N3O5/c15-10(4-5-11(16)17)13-12-7-8-2-1-3-9(6-8)14(18)19/h1-7H,(H,13,15)(H,16,17)/b5-4+,12-7+. The van der Waals surface area contributed by atoms with Crippen molar-refractivity contribution in [3.8, 4) is 0 Å². The Morgan fingerprint density at radius 2 is 2.11 bits per heavy atom. The summed E-state index contributed by atoms with van der Waals surface area (Å²) < 4.78 is 0. The summed E-state index contributed by atoms with van der Waals surface area (Å²) in [7, 11) is 0. The molecular weight excluding hydrogens is 254 g/mol. The molecule has 0 saturated heterocycles. The van der Waals surface area contributed by atoms with Crippen LogP contribution in [0.1, 0.15) is 5.56 Å². The predicted octanol–water partition coefficient (Wildman–Crippen LogP) is 0.686. The summed E-state index contributed by atoms with van der Waals surface area (Å²) in [5.74, 6) is -1.97. The van der Waals surface area contributed by atoms with Crippen molar-refractivity contribution >= 4 is 23.8 Å². The molecule has 0 heterocycles. The Kier molecular flexibility index (Phi) is 4.91. The average molecular weight is 263 g/mol. The molecule has 0 saturated carbocycles. The molecule has 0 bridgehead atoms. The SMILES string of the molecule is O=C(O)/C=C/C(=O)N/N=C/c1cccc([N+](=O)[O-])c1. The number of benzene rings is 1. The number of hydrogen-bond acceptors (Lipinski definition) is 5. The van der Waals surface area contributed by atoms with Gasteiger partial charge in [0.1, 0.15) is 0 Å². The molecule has 0 aliphatic heterocycles. The van der Waals surface area contributed by atoms with Crippen molar-refractivity contribution in [3.63, 3.8) is 0 Å². The molecule has 0 radical (unpaired) electrons. The number of hydrogen-bond donors (Lipinski definition) is 2. The predicted molar refractivity (Wildman–Crippen MR) is 65.6 cm³/mol. The second kappa shape index (κ2) is 6.64. The van der Waals surface area contributed by atoms with Gasteiger partial charge in [0.05, 0.1) is 11.1 Å². The number of carboxylic acids is 1. The first-order valence-electron chi connectivity index (χ1n) is 4.97. The maximum atomic E-state index is 11.0. The lowest BCUT2D eigenvalue weighted by molar-refractivity contribution is -0.384. The third-order valence-corrected chi connectivity index (χ3v) is 1.85. The highest BCUT2D eigenvalue weighted by molar-refractivity contribution is 5.94. The first-order valence-corrected chi connectivity index (χ1v) is 4.97. The van der Waals surface area contributed by atoms with Gasteiger partial charge in [-0.15, -0.1) is 0 Å². The summed E-state index contributed by atoms with van der Waals surface area (Å²) in [5, 5.41) is 22.3. The minimum absolute atomic E-state index is 0.0963. The molecule has 19 heavy (non-hydrogen) atoms. The average Bonchev–Trinajstić information content (AvgIpc) is 2.36. The van der Waals surface area contributed by atoms with Crippen LogP contribution in [0.3, 0.4) is 0 Å². The normalized spacial score (nSPS) is 10.7. The number of nitro benzene ring substituents is 1. The van der Waals surface area contributed by atoms with Crippen molar-refractivity contribution in [2.45, 2.75) is 0 Å². The number of aliphatic carboxylic acids is 1. The fraction of sp³-hybridized carbons (Fsp3) is 0. The molecule has 1 amide bonds. The highest BCUT2D eigenvalue weighted by Crippen LogP contribution is 2.11. The van der Waals surface area contributed by atoms with Crippen LogP contribution in [0.15, 0.2) is 41.5 Å². The van der Waals surface area contributed by atoms with Gasteiger partial charge in [0, 0.05) is 29.8 Å². The molecule has 1 aromatic carbocycles. The van der Waals surface area contributed by atoms with Gasteiger partial charge < -0.3 is 5.11 Å². The van der Waals surface area contributed by atoms with Crippen LogP contribution < -0.4 is 5.43 Å². The van der Waals surface area contributed by atoms with Crippen molar-refractivity contribution in [1.82, 2.24) is 5.43 Å².